The molecule has 0 spiro atoms. The number of epoxide rings is 1. The number of aromatic nitrogens is 2. The van der Waals surface area contributed by atoms with Gasteiger partial charge in [-0.25, -0.2) is 4.98 Å². The predicted octanol–water partition coefficient (Wildman–Crippen LogP) is 2.40. The fourth-order valence-corrected chi connectivity index (χ4v) is 4.96. The van der Waals surface area contributed by atoms with E-state index in [9.17, 15) is 19.2 Å². The highest BCUT2D eigenvalue weighted by Gasteiger charge is 2.50. The standard InChI is InChI=1S/C29H35N5O6S/c1-17(2)10-21(25(35)29(4)15-39-29)31-26(36)22(12-19-8-6-5-7-9-19)32-27(37)23(13-20-14-41-16-30-20)33-28(38)24-11-18(3)40-34-24/h5-9,11,14,16-17,21-23H,10,12-13,15H2,1-4H3,(H,31,36)(H,32,37)(H,33,38)/t21-,22-,23-,29+/m0/s1. The van der Waals surface area contributed by atoms with Crippen molar-refractivity contribution in [2.24, 2.45) is 5.92 Å². The Labute approximate surface area is 242 Å². The maximum Gasteiger partial charge on any atom is 0.274 e. The van der Waals surface area contributed by atoms with Gasteiger partial charge in [0.05, 0.1) is 23.9 Å². The molecule has 218 valence electrons. The summed E-state index contributed by atoms with van der Waals surface area (Å²) in [6.45, 7) is 7.61. The van der Waals surface area contributed by atoms with Crippen molar-refractivity contribution in [1.29, 1.82) is 0 Å². The molecule has 1 aliphatic heterocycles. The minimum Gasteiger partial charge on any atom is -0.361 e. The Morgan fingerprint density at radius 3 is 2.22 bits per heavy atom. The lowest BCUT2D eigenvalue weighted by Crippen LogP contribution is -2.57. The molecule has 41 heavy (non-hydrogen) atoms. The Bertz CT molecular complexity index is 1350. The Hall–Kier alpha value is -3.90. The first-order valence-electron chi connectivity index (χ1n) is 13.5. The summed E-state index contributed by atoms with van der Waals surface area (Å²) < 4.78 is 10.3. The molecule has 3 heterocycles. The van der Waals surface area contributed by atoms with Crippen LogP contribution in [-0.2, 0) is 32.0 Å². The molecule has 3 N–H and O–H groups in total. The third-order valence-corrected chi connectivity index (χ3v) is 7.37. The number of hydrogen-bond donors (Lipinski definition) is 3. The fraction of sp³-hybridized carbons (Fsp3) is 0.448. The Balaban J connectivity index is 1.55. The van der Waals surface area contributed by atoms with E-state index in [0.717, 1.165) is 5.56 Å². The van der Waals surface area contributed by atoms with Gasteiger partial charge in [-0.3, -0.25) is 19.2 Å². The van der Waals surface area contributed by atoms with Crippen LogP contribution in [0.3, 0.4) is 0 Å². The maximum absolute atomic E-state index is 13.7. The summed E-state index contributed by atoms with van der Waals surface area (Å²) in [5.41, 5.74) is 2.18. The number of hydrogen-bond acceptors (Lipinski definition) is 9. The zero-order chi connectivity index (χ0) is 29.6. The van der Waals surface area contributed by atoms with Crippen LogP contribution < -0.4 is 16.0 Å². The van der Waals surface area contributed by atoms with Crippen molar-refractivity contribution in [2.45, 2.75) is 70.7 Å². The van der Waals surface area contributed by atoms with E-state index in [1.165, 1.54) is 17.4 Å². The average Bonchev–Trinajstić information content (AvgIpc) is 3.27. The summed E-state index contributed by atoms with van der Waals surface area (Å²) in [7, 11) is 0. The fourth-order valence-electron chi connectivity index (χ4n) is 4.39. The molecule has 1 aromatic carbocycles. The van der Waals surface area contributed by atoms with Crippen molar-refractivity contribution in [2.75, 3.05) is 6.61 Å². The van der Waals surface area contributed by atoms with E-state index in [2.05, 4.69) is 26.1 Å². The number of rotatable bonds is 14. The first-order valence-corrected chi connectivity index (χ1v) is 14.4. The van der Waals surface area contributed by atoms with Gasteiger partial charge in [-0.15, -0.1) is 11.3 Å². The van der Waals surface area contributed by atoms with Gasteiger partial charge in [0.25, 0.3) is 5.91 Å². The zero-order valence-electron chi connectivity index (χ0n) is 23.5. The van der Waals surface area contributed by atoms with Crippen molar-refractivity contribution >= 4 is 34.8 Å². The molecule has 0 unspecified atom stereocenters. The molecule has 0 saturated carbocycles. The second-order valence-electron chi connectivity index (χ2n) is 10.9. The summed E-state index contributed by atoms with van der Waals surface area (Å²) in [4.78, 5) is 57.6. The molecule has 1 aliphatic rings. The van der Waals surface area contributed by atoms with E-state index >= 15 is 0 Å². The second-order valence-corrected chi connectivity index (χ2v) is 11.6. The maximum atomic E-state index is 13.7. The molecule has 11 nitrogen and oxygen atoms in total. The Kier molecular flexibility index (Phi) is 9.66. The van der Waals surface area contributed by atoms with E-state index in [1.54, 1.807) is 24.7 Å². The molecule has 4 atom stereocenters. The number of thiazole rings is 1. The highest BCUT2D eigenvalue weighted by Crippen LogP contribution is 2.29. The number of ether oxygens (including phenoxy) is 1. The minimum atomic E-state index is -1.06. The number of carbonyl (C=O) groups excluding carboxylic acids is 4. The highest BCUT2D eigenvalue weighted by atomic mass is 32.1. The van der Waals surface area contributed by atoms with Gasteiger partial charge < -0.3 is 25.2 Å². The van der Waals surface area contributed by atoms with E-state index < -0.39 is 41.4 Å². The quantitative estimate of drug-likeness (QED) is 0.245. The van der Waals surface area contributed by atoms with Crippen molar-refractivity contribution < 1.29 is 28.4 Å². The van der Waals surface area contributed by atoms with Gasteiger partial charge in [0, 0.05) is 24.3 Å². The number of carbonyl (C=O) groups is 4. The largest absolute Gasteiger partial charge is 0.361 e. The molecule has 0 radical (unpaired) electrons. The van der Waals surface area contributed by atoms with Crippen LogP contribution in [0.2, 0.25) is 0 Å². The predicted molar refractivity (Wildman–Crippen MR) is 151 cm³/mol. The van der Waals surface area contributed by atoms with Crippen LogP contribution >= 0.6 is 11.3 Å². The third-order valence-electron chi connectivity index (χ3n) is 6.73. The number of nitrogens with zero attached hydrogens (tertiary/aromatic N) is 2. The van der Waals surface area contributed by atoms with Crippen LogP contribution in [0, 0.1) is 12.8 Å². The zero-order valence-corrected chi connectivity index (χ0v) is 24.3. The summed E-state index contributed by atoms with van der Waals surface area (Å²) >= 11 is 1.36. The topological polar surface area (TPSA) is 156 Å². The average molecular weight is 582 g/mol. The molecule has 0 aliphatic carbocycles. The van der Waals surface area contributed by atoms with Crippen LogP contribution in [0.25, 0.3) is 0 Å². The first-order chi connectivity index (χ1) is 19.5. The van der Waals surface area contributed by atoms with Gasteiger partial charge in [0.15, 0.2) is 11.5 Å². The van der Waals surface area contributed by atoms with Crippen LogP contribution in [0.15, 0.2) is 51.8 Å². The number of aryl methyl sites for hydroxylation is 1. The lowest BCUT2D eigenvalue weighted by Gasteiger charge is -2.26. The van der Waals surface area contributed by atoms with Gasteiger partial charge in [-0.05, 0) is 31.7 Å². The van der Waals surface area contributed by atoms with Crippen LogP contribution in [-0.4, -0.2) is 64.0 Å². The van der Waals surface area contributed by atoms with Crippen molar-refractivity contribution in [1.82, 2.24) is 26.1 Å². The number of nitrogens with one attached hydrogen (secondary N) is 3. The molecule has 12 heteroatoms. The van der Waals surface area contributed by atoms with E-state index in [4.69, 9.17) is 9.26 Å². The number of amides is 3. The van der Waals surface area contributed by atoms with E-state index in [0.29, 0.717) is 24.5 Å². The Morgan fingerprint density at radius 1 is 1.00 bits per heavy atom. The third kappa shape index (κ3) is 8.30. The summed E-state index contributed by atoms with van der Waals surface area (Å²) in [6, 6.07) is 7.86. The lowest BCUT2D eigenvalue weighted by atomic mass is 9.93. The number of ketones is 1. The normalized spacial score (nSPS) is 18.3. The monoisotopic (exact) mass is 581 g/mol. The van der Waals surface area contributed by atoms with Crippen molar-refractivity contribution in [3.8, 4) is 0 Å². The van der Waals surface area contributed by atoms with Crippen LogP contribution in [0.4, 0.5) is 0 Å². The molecule has 3 amide bonds. The molecular weight excluding hydrogens is 546 g/mol. The van der Waals surface area contributed by atoms with Crippen molar-refractivity contribution in [3.05, 3.63) is 70.0 Å². The van der Waals surface area contributed by atoms with Gasteiger partial charge in [0.2, 0.25) is 11.8 Å². The Morgan fingerprint density at radius 2 is 1.66 bits per heavy atom. The molecule has 1 saturated heterocycles. The second kappa shape index (κ2) is 13.2. The summed E-state index contributed by atoms with van der Waals surface area (Å²) in [5.74, 6) is -1.29. The number of Topliss-reactive ketones (excluding diaryl/α,β-unsaturated/α-hetero) is 1. The number of benzene rings is 1. The molecule has 1 fully saturated rings. The van der Waals surface area contributed by atoms with E-state index in [-0.39, 0.29) is 30.2 Å². The SMILES string of the molecule is Cc1cc(C(=O)N[C@@H](Cc2cscn2)C(=O)N[C@@H](Cc2ccccc2)C(=O)N[C@@H](CC(C)C)C(=O)[C@@]2(C)CO2)no1. The van der Waals surface area contributed by atoms with Gasteiger partial charge in [-0.1, -0.05) is 49.3 Å². The molecular formula is C29H35N5O6S. The van der Waals surface area contributed by atoms with Gasteiger partial charge in [0.1, 0.15) is 23.4 Å². The lowest BCUT2D eigenvalue weighted by molar-refractivity contribution is -0.133. The van der Waals surface area contributed by atoms with Gasteiger partial charge >= 0.3 is 0 Å². The molecule has 3 aromatic rings. The molecule has 2 aromatic heterocycles. The van der Waals surface area contributed by atoms with Crippen LogP contribution in [0.5, 0.6) is 0 Å². The molecule has 4 rings (SSSR count). The first kappa shape index (κ1) is 30.1. The molecule has 0 bridgehead atoms. The van der Waals surface area contributed by atoms with E-state index in [1.807, 2.05) is 44.2 Å². The smallest absolute Gasteiger partial charge is 0.274 e. The minimum absolute atomic E-state index is 0.0305. The van der Waals surface area contributed by atoms with Gasteiger partial charge in [-0.2, -0.15) is 0 Å². The van der Waals surface area contributed by atoms with Crippen LogP contribution in [0.1, 0.15) is 54.7 Å². The summed E-state index contributed by atoms with van der Waals surface area (Å²) in [5, 5.41) is 13.9. The highest BCUT2D eigenvalue weighted by molar-refractivity contribution is 7.07. The van der Waals surface area contributed by atoms with Crippen molar-refractivity contribution in [3.63, 3.8) is 0 Å². The summed E-state index contributed by atoms with van der Waals surface area (Å²) in [6.07, 6.45) is 0.700.